The molecule has 0 aliphatic carbocycles. The summed E-state index contributed by atoms with van der Waals surface area (Å²) in [6, 6.07) is 54.0. The Labute approximate surface area is 209 Å². The predicted octanol–water partition coefficient (Wildman–Crippen LogP) is 8.39. The molecule has 0 aliphatic heterocycles. The van der Waals surface area contributed by atoms with Crippen LogP contribution >= 0.6 is 7.92 Å². The van der Waals surface area contributed by atoms with Crippen LogP contribution in [0.1, 0.15) is 0 Å². The Balaban J connectivity index is 1.55. The number of benzene rings is 5. The van der Waals surface area contributed by atoms with Crippen LogP contribution in [0.15, 0.2) is 152 Å². The van der Waals surface area contributed by atoms with Gasteiger partial charge in [0.15, 0.2) is 0 Å². The minimum atomic E-state index is -0.577. The molecule has 0 saturated carbocycles. The van der Waals surface area contributed by atoms with Gasteiger partial charge in [-0.15, -0.1) is 0 Å². The standard InChI is InChI=1S/C32H29N2P/c1-6-16-28(17-7-1)33(29-18-8-2-9-19-29)26-35(32-24-14-5-15-25-32)27-34(30-20-10-3-11-21-30)31-22-12-4-13-23-31/h1-25H,26-27H2. The van der Waals surface area contributed by atoms with E-state index in [0.29, 0.717) is 0 Å². The van der Waals surface area contributed by atoms with Gasteiger partial charge < -0.3 is 9.80 Å². The van der Waals surface area contributed by atoms with E-state index < -0.39 is 7.92 Å². The van der Waals surface area contributed by atoms with Crippen molar-refractivity contribution in [1.82, 2.24) is 0 Å². The van der Waals surface area contributed by atoms with E-state index in [2.05, 4.69) is 161 Å². The maximum Gasteiger partial charge on any atom is 0.0486 e. The smallest absolute Gasteiger partial charge is 0.0486 e. The van der Waals surface area contributed by atoms with Gasteiger partial charge in [0, 0.05) is 35.3 Å². The Morgan fingerprint density at radius 2 is 0.600 bits per heavy atom. The van der Waals surface area contributed by atoms with Gasteiger partial charge in [0.2, 0.25) is 0 Å². The molecule has 0 N–H and O–H groups in total. The van der Waals surface area contributed by atoms with E-state index in [1.165, 1.54) is 28.1 Å². The van der Waals surface area contributed by atoms with Gasteiger partial charge in [-0.05, 0) is 61.8 Å². The third-order valence-corrected chi connectivity index (χ3v) is 8.29. The molecular weight excluding hydrogens is 443 g/mol. The molecule has 0 amide bonds. The second-order valence-corrected chi connectivity index (χ2v) is 10.5. The Morgan fingerprint density at radius 3 is 0.886 bits per heavy atom. The number of rotatable bonds is 9. The highest BCUT2D eigenvalue weighted by molar-refractivity contribution is 7.65. The summed E-state index contributed by atoms with van der Waals surface area (Å²) in [5, 5.41) is 1.40. The fourth-order valence-corrected chi connectivity index (χ4v) is 6.59. The molecule has 0 saturated heterocycles. The van der Waals surface area contributed by atoms with Gasteiger partial charge in [-0.3, -0.25) is 0 Å². The van der Waals surface area contributed by atoms with Crippen LogP contribution < -0.4 is 15.1 Å². The third kappa shape index (κ3) is 5.80. The molecule has 0 fully saturated rings. The van der Waals surface area contributed by atoms with Crippen molar-refractivity contribution < 1.29 is 0 Å². The molecule has 0 heterocycles. The molecule has 0 atom stereocenters. The van der Waals surface area contributed by atoms with E-state index in [1.54, 1.807) is 0 Å². The fourth-order valence-electron chi connectivity index (χ4n) is 4.24. The molecule has 5 aromatic carbocycles. The van der Waals surface area contributed by atoms with Gasteiger partial charge >= 0.3 is 0 Å². The number of para-hydroxylation sites is 4. The van der Waals surface area contributed by atoms with Crippen molar-refractivity contribution in [2.75, 3.05) is 22.4 Å². The average Bonchev–Trinajstić information content (AvgIpc) is 2.95. The Morgan fingerprint density at radius 1 is 0.343 bits per heavy atom. The highest BCUT2D eigenvalue weighted by atomic mass is 31.1. The van der Waals surface area contributed by atoms with E-state index in [4.69, 9.17) is 0 Å². The lowest BCUT2D eigenvalue weighted by atomic mass is 10.2. The van der Waals surface area contributed by atoms with Crippen LogP contribution in [0.25, 0.3) is 0 Å². The van der Waals surface area contributed by atoms with Crippen molar-refractivity contribution in [1.29, 1.82) is 0 Å². The van der Waals surface area contributed by atoms with E-state index in [-0.39, 0.29) is 0 Å². The highest BCUT2D eigenvalue weighted by Gasteiger charge is 2.22. The summed E-state index contributed by atoms with van der Waals surface area (Å²) in [5.74, 6) is 0. The SMILES string of the molecule is c1ccc(N(CP(CN(c2ccccc2)c2ccccc2)c2ccccc2)c2ccccc2)cc1. The van der Waals surface area contributed by atoms with Gasteiger partial charge in [0.05, 0.1) is 0 Å². The molecule has 0 spiro atoms. The molecule has 172 valence electrons. The summed E-state index contributed by atoms with van der Waals surface area (Å²) in [6.45, 7) is 0. The van der Waals surface area contributed by atoms with Gasteiger partial charge in [-0.2, -0.15) is 0 Å². The van der Waals surface area contributed by atoms with Crippen molar-refractivity contribution in [2.24, 2.45) is 0 Å². The van der Waals surface area contributed by atoms with Crippen LogP contribution in [0.2, 0.25) is 0 Å². The maximum absolute atomic E-state index is 2.47. The summed E-state index contributed by atoms with van der Waals surface area (Å²) in [4.78, 5) is 4.93. The largest absolute Gasteiger partial charge is 0.337 e. The van der Waals surface area contributed by atoms with Crippen molar-refractivity contribution in [3.8, 4) is 0 Å². The minimum Gasteiger partial charge on any atom is -0.337 e. The lowest BCUT2D eigenvalue weighted by molar-refractivity contribution is 1.12. The second-order valence-electron chi connectivity index (χ2n) is 8.36. The Bertz CT molecular complexity index is 1120. The van der Waals surface area contributed by atoms with E-state index >= 15 is 0 Å². The van der Waals surface area contributed by atoms with Gasteiger partial charge in [0.25, 0.3) is 0 Å². The van der Waals surface area contributed by atoms with Crippen molar-refractivity contribution in [2.45, 2.75) is 0 Å². The molecule has 0 radical (unpaired) electrons. The van der Waals surface area contributed by atoms with Crippen LogP contribution in [0.5, 0.6) is 0 Å². The zero-order chi connectivity index (χ0) is 23.7. The van der Waals surface area contributed by atoms with Gasteiger partial charge in [-0.1, -0.05) is 103 Å². The molecular formula is C32H29N2P. The van der Waals surface area contributed by atoms with Gasteiger partial charge in [-0.25, -0.2) is 0 Å². The molecule has 5 rings (SSSR count). The van der Waals surface area contributed by atoms with Crippen LogP contribution in [0, 0.1) is 0 Å². The molecule has 0 bridgehead atoms. The zero-order valence-electron chi connectivity index (χ0n) is 19.7. The van der Waals surface area contributed by atoms with Crippen LogP contribution in [-0.4, -0.2) is 12.6 Å². The van der Waals surface area contributed by atoms with E-state index in [9.17, 15) is 0 Å². The molecule has 5 aromatic rings. The third-order valence-electron chi connectivity index (χ3n) is 6.02. The van der Waals surface area contributed by atoms with E-state index in [1.807, 2.05) is 0 Å². The first-order valence-corrected chi connectivity index (χ1v) is 13.6. The topological polar surface area (TPSA) is 6.48 Å². The molecule has 0 unspecified atom stereocenters. The molecule has 35 heavy (non-hydrogen) atoms. The van der Waals surface area contributed by atoms with Crippen molar-refractivity contribution in [3.63, 3.8) is 0 Å². The quantitative estimate of drug-likeness (QED) is 0.199. The predicted molar refractivity (Wildman–Crippen MR) is 153 cm³/mol. The van der Waals surface area contributed by atoms with Crippen LogP contribution in [0.4, 0.5) is 22.7 Å². The Hall–Kier alpha value is -3.87. The average molecular weight is 473 g/mol. The van der Waals surface area contributed by atoms with Crippen LogP contribution in [-0.2, 0) is 0 Å². The molecule has 0 aromatic heterocycles. The second kappa shape index (κ2) is 11.5. The normalized spacial score (nSPS) is 10.8. The number of hydrogen-bond donors (Lipinski definition) is 0. The monoisotopic (exact) mass is 472 g/mol. The zero-order valence-corrected chi connectivity index (χ0v) is 20.6. The van der Waals surface area contributed by atoms with Gasteiger partial charge in [0.1, 0.15) is 0 Å². The number of hydrogen-bond acceptors (Lipinski definition) is 2. The first-order chi connectivity index (χ1) is 17.4. The van der Waals surface area contributed by atoms with Crippen LogP contribution in [0.3, 0.4) is 0 Å². The lowest BCUT2D eigenvalue weighted by Crippen LogP contribution is -2.27. The minimum absolute atomic E-state index is 0.577. The molecule has 2 nitrogen and oxygen atoms in total. The molecule has 0 aliphatic rings. The Kier molecular flexibility index (Phi) is 7.53. The lowest BCUT2D eigenvalue weighted by Gasteiger charge is -2.34. The highest BCUT2D eigenvalue weighted by Crippen LogP contribution is 2.43. The summed E-state index contributed by atoms with van der Waals surface area (Å²) in [7, 11) is -0.577. The number of nitrogens with zero attached hydrogens (tertiary/aromatic N) is 2. The summed E-state index contributed by atoms with van der Waals surface area (Å²) < 4.78 is 0. The maximum atomic E-state index is 2.47. The fraction of sp³-hybridized carbons (Fsp3) is 0.0625. The summed E-state index contributed by atoms with van der Waals surface area (Å²) >= 11 is 0. The summed E-state index contributed by atoms with van der Waals surface area (Å²) in [5.41, 5.74) is 4.86. The number of anilines is 4. The van der Waals surface area contributed by atoms with E-state index in [0.717, 1.165) is 12.6 Å². The van der Waals surface area contributed by atoms with Crippen molar-refractivity contribution in [3.05, 3.63) is 152 Å². The first kappa shape index (κ1) is 22.9. The molecule has 3 heteroatoms. The summed E-state index contributed by atoms with van der Waals surface area (Å²) in [6.07, 6.45) is 1.84. The van der Waals surface area contributed by atoms with Crippen molar-refractivity contribution >= 4 is 36.0 Å². The first-order valence-electron chi connectivity index (χ1n) is 11.9.